The van der Waals surface area contributed by atoms with Crippen molar-refractivity contribution in [3.05, 3.63) is 33.8 Å². The summed E-state index contributed by atoms with van der Waals surface area (Å²) in [7, 11) is 0. The van der Waals surface area contributed by atoms with Gasteiger partial charge in [0.05, 0.1) is 5.02 Å². The summed E-state index contributed by atoms with van der Waals surface area (Å²) in [5.41, 5.74) is 0.217. The molecule has 0 atom stereocenters. The van der Waals surface area contributed by atoms with Crippen LogP contribution in [-0.2, 0) is 4.79 Å². The molecule has 0 saturated heterocycles. The van der Waals surface area contributed by atoms with Gasteiger partial charge in [0.15, 0.2) is 0 Å². The lowest BCUT2D eigenvalue weighted by Crippen LogP contribution is -2.02. The summed E-state index contributed by atoms with van der Waals surface area (Å²) in [4.78, 5) is 10.3. The number of ether oxygens (including phenoxy) is 1. The van der Waals surface area contributed by atoms with Crippen LogP contribution in [0, 0.1) is 0 Å². The summed E-state index contributed by atoms with van der Waals surface area (Å²) in [6.45, 7) is -3.02. The van der Waals surface area contributed by atoms with Gasteiger partial charge in [-0.2, -0.15) is 8.78 Å². The average molecular weight is 283 g/mol. The lowest BCUT2D eigenvalue weighted by atomic mass is 10.2. The summed E-state index contributed by atoms with van der Waals surface area (Å²) in [6, 6.07) is 2.33. The first kappa shape index (κ1) is 13.7. The number of carbonyl (C=O) groups is 1. The highest BCUT2D eigenvalue weighted by Gasteiger charge is 2.11. The van der Waals surface area contributed by atoms with Crippen LogP contribution in [0.5, 0.6) is 5.75 Å². The van der Waals surface area contributed by atoms with Gasteiger partial charge in [0, 0.05) is 11.1 Å². The third-order valence-corrected chi connectivity index (χ3v) is 2.30. The summed E-state index contributed by atoms with van der Waals surface area (Å²) >= 11 is 11.4. The zero-order valence-corrected chi connectivity index (χ0v) is 9.67. The van der Waals surface area contributed by atoms with E-state index in [1.807, 2.05) is 0 Å². The van der Waals surface area contributed by atoms with E-state index in [0.29, 0.717) is 0 Å². The molecule has 0 aliphatic rings. The molecule has 0 heterocycles. The largest absolute Gasteiger partial charge is 0.478 e. The van der Waals surface area contributed by atoms with Crippen molar-refractivity contribution in [1.29, 1.82) is 0 Å². The number of hydrogen-bond acceptors (Lipinski definition) is 2. The second-order valence-electron chi connectivity index (χ2n) is 2.85. The van der Waals surface area contributed by atoms with Crippen molar-refractivity contribution in [2.24, 2.45) is 0 Å². The van der Waals surface area contributed by atoms with Gasteiger partial charge in [0.25, 0.3) is 0 Å². The molecule has 0 radical (unpaired) electrons. The molecule has 1 N–H and O–H groups in total. The molecular weight excluding hydrogens is 277 g/mol. The number of carboxylic acids is 1. The van der Waals surface area contributed by atoms with Crippen LogP contribution in [0.4, 0.5) is 8.78 Å². The molecule has 17 heavy (non-hydrogen) atoms. The van der Waals surface area contributed by atoms with Gasteiger partial charge in [-0.3, -0.25) is 0 Å². The minimum Gasteiger partial charge on any atom is -0.478 e. The quantitative estimate of drug-likeness (QED) is 0.857. The van der Waals surface area contributed by atoms with E-state index in [9.17, 15) is 13.6 Å². The van der Waals surface area contributed by atoms with Crippen LogP contribution in [0.3, 0.4) is 0 Å². The van der Waals surface area contributed by atoms with E-state index >= 15 is 0 Å². The summed E-state index contributed by atoms with van der Waals surface area (Å²) in [5.74, 6) is -1.46. The van der Waals surface area contributed by atoms with Gasteiger partial charge in [-0.05, 0) is 23.8 Å². The fourth-order valence-corrected chi connectivity index (χ4v) is 1.51. The van der Waals surface area contributed by atoms with E-state index in [2.05, 4.69) is 4.74 Å². The van der Waals surface area contributed by atoms with Crippen molar-refractivity contribution in [1.82, 2.24) is 0 Å². The highest BCUT2D eigenvalue weighted by Crippen LogP contribution is 2.32. The Balaban J connectivity index is 3.09. The molecule has 1 aromatic carbocycles. The molecule has 0 aliphatic carbocycles. The Morgan fingerprint density at radius 2 is 2.00 bits per heavy atom. The molecule has 0 amide bonds. The molecule has 0 aliphatic heterocycles. The molecule has 7 heteroatoms. The van der Waals surface area contributed by atoms with Gasteiger partial charge in [-0.25, -0.2) is 4.79 Å². The van der Waals surface area contributed by atoms with Gasteiger partial charge in [0.2, 0.25) is 0 Å². The molecular formula is C10H6Cl2F2O3. The fraction of sp³-hybridized carbons (Fsp3) is 0.100. The number of alkyl halides is 2. The molecule has 0 fully saturated rings. The first-order valence-corrected chi connectivity index (χ1v) is 5.00. The van der Waals surface area contributed by atoms with Crippen LogP contribution in [0.15, 0.2) is 18.2 Å². The Hall–Kier alpha value is -1.33. The number of carboxylic acid groups (broad SMARTS) is 1. The molecule has 1 aromatic rings. The molecule has 0 spiro atoms. The summed E-state index contributed by atoms with van der Waals surface area (Å²) in [5, 5.41) is 8.48. The standard InChI is InChI=1S/C10H6Cl2F2O3/c11-6-4-7(12)8(17-10(13)14)3-5(6)1-2-9(15)16/h1-4,10H,(H,15,16). The zero-order valence-electron chi connectivity index (χ0n) is 8.16. The van der Waals surface area contributed by atoms with Gasteiger partial charge in [-0.15, -0.1) is 0 Å². The smallest absolute Gasteiger partial charge is 0.387 e. The number of halogens is 4. The number of hydrogen-bond donors (Lipinski definition) is 1. The first-order valence-electron chi connectivity index (χ1n) is 4.25. The van der Waals surface area contributed by atoms with Crippen LogP contribution >= 0.6 is 23.2 Å². The second-order valence-corrected chi connectivity index (χ2v) is 3.67. The summed E-state index contributed by atoms with van der Waals surface area (Å²) < 4.78 is 28.2. The predicted octanol–water partition coefficient (Wildman–Crippen LogP) is 3.69. The zero-order chi connectivity index (χ0) is 13.0. The van der Waals surface area contributed by atoms with Crippen molar-refractivity contribution in [2.45, 2.75) is 6.61 Å². The topological polar surface area (TPSA) is 46.5 Å². The fourth-order valence-electron chi connectivity index (χ4n) is 1.02. The van der Waals surface area contributed by atoms with Crippen LogP contribution in [0.25, 0.3) is 6.08 Å². The predicted molar refractivity (Wildman–Crippen MR) is 59.8 cm³/mol. The third-order valence-electron chi connectivity index (χ3n) is 1.67. The summed E-state index contributed by atoms with van der Waals surface area (Å²) in [6.07, 6.45) is 1.97. The minimum absolute atomic E-state index is 0.0808. The SMILES string of the molecule is O=C(O)C=Cc1cc(OC(F)F)c(Cl)cc1Cl. The Morgan fingerprint density at radius 3 is 2.53 bits per heavy atom. The van der Waals surface area contributed by atoms with Crippen LogP contribution in [0.2, 0.25) is 10.0 Å². The van der Waals surface area contributed by atoms with Crippen LogP contribution in [-0.4, -0.2) is 17.7 Å². The van der Waals surface area contributed by atoms with E-state index in [0.717, 1.165) is 18.2 Å². The number of benzene rings is 1. The minimum atomic E-state index is -3.02. The highest BCUT2D eigenvalue weighted by atomic mass is 35.5. The second kappa shape index (κ2) is 5.84. The van der Waals surface area contributed by atoms with E-state index < -0.39 is 12.6 Å². The molecule has 0 aromatic heterocycles. The monoisotopic (exact) mass is 282 g/mol. The van der Waals surface area contributed by atoms with Gasteiger partial charge < -0.3 is 9.84 Å². The molecule has 1 rings (SSSR count). The van der Waals surface area contributed by atoms with Crippen molar-refractivity contribution in [3.8, 4) is 5.75 Å². The van der Waals surface area contributed by atoms with Crippen LogP contribution in [0.1, 0.15) is 5.56 Å². The van der Waals surface area contributed by atoms with E-state index in [-0.39, 0.29) is 21.4 Å². The van der Waals surface area contributed by atoms with Gasteiger partial charge in [0.1, 0.15) is 5.75 Å². The lowest BCUT2D eigenvalue weighted by molar-refractivity contribution is -0.131. The highest BCUT2D eigenvalue weighted by molar-refractivity contribution is 6.36. The van der Waals surface area contributed by atoms with Gasteiger partial charge >= 0.3 is 12.6 Å². The maximum atomic E-state index is 12.0. The molecule has 0 saturated carbocycles. The molecule has 0 unspecified atom stereocenters. The van der Waals surface area contributed by atoms with E-state index in [1.54, 1.807) is 0 Å². The molecule has 92 valence electrons. The first-order chi connectivity index (χ1) is 7.90. The molecule has 0 bridgehead atoms. The van der Waals surface area contributed by atoms with Gasteiger partial charge in [-0.1, -0.05) is 23.2 Å². The number of aliphatic carboxylic acids is 1. The maximum absolute atomic E-state index is 12.0. The molecule has 3 nitrogen and oxygen atoms in total. The van der Waals surface area contributed by atoms with Crippen molar-refractivity contribution < 1.29 is 23.4 Å². The van der Waals surface area contributed by atoms with Crippen LogP contribution < -0.4 is 4.74 Å². The van der Waals surface area contributed by atoms with E-state index in [4.69, 9.17) is 28.3 Å². The Labute approximate surface area is 105 Å². The lowest BCUT2D eigenvalue weighted by Gasteiger charge is -2.08. The van der Waals surface area contributed by atoms with Crippen molar-refractivity contribution in [2.75, 3.05) is 0 Å². The third kappa shape index (κ3) is 4.20. The number of rotatable bonds is 4. The Bertz CT molecular complexity index is 461. The average Bonchev–Trinajstić information content (AvgIpc) is 2.19. The Morgan fingerprint density at radius 1 is 1.35 bits per heavy atom. The van der Waals surface area contributed by atoms with Crippen molar-refractivity contribution in [3.63, 3.8) is 0 Å². The Kier molecular flexibility index (Phi) is 4.72. The van der Waals surface area contributed by atoms with E-state index in [1.165, 1.54) is 6.07 Å². The normalized spacial score (nSPS) is 11.1. The van der Waals surface area contributed by atoms with Crippen molar-refractivity contribution >= 4 is 35.2 Å². The maximum Gasteiger partial charge on any atom is 0.387 e.